The van der Waals surface area contributed by atoms with Gasteiger partial charge < -0.3 is 15.2 Å². The molecule has 0 atom stereocenters. The van der Waals surface area contributed by atoms with E-state index < -0.39 is 0 Å². The Morgan fingerprint density at radius 3 is 2.82 bits per heavy atom. The predicted octanol–water partition coefficient (Wildman–Crippen LogP) is 1.98. The monoisotopic (exact) mass is 301 g/mol. The highest BCUT2D eigenvalue weighted by atomic mass is 16.5. The molecule has 0 aliphatic carbocycles. The van der Waals surface area contributed by atoms with Gasteiger partial charge in [0.2, 0.25) is 5.89 Å². The van der Waals surface area contributed by atoms with Crippen LogP contribution in [0.4, 0.5) is 0 Å². The first-order valence-corrected chi connectivity index (χ1v) is 7.46. The molecule has 0 amide bonds. The van der Waals surface area contributed by atoms with Crippen molar-refractivity contribution in [3.05, 3.63) is 47.1 Å². The molecule has 0 saturated carbocycles. The highest BCUT2D eigenvalue weighted by Crippen LogP contribution is 2.03. The summed E-state index contributed by atoms with van der Waals surface area (Å²) in [5.74, 6) is 2.16. The fourth-order valence-electron chi connectivity index (χ4n) is 2.12. The van der Waals surface area contributed by atoms with E-state index in [2.05, 4.69) is 57.0 Å². The van der Waals surface area contributed by atoms with Gasteiger partial charge in [-0.2, -0.15) is 4.98 Å². The van der Waals surface area contributed by atoms with Crippen LogP contribution in [0.2, 0.25) is 0 Å². The van der Waals surface area contributed by atoms with E-state index >= 15 is 0 Å². The third kappa shape index (κ3) is 5.20. The van der Waals surface area contributed by atoms with Gasteiger partial charge in [0.25, 0.3) is 0 Å². The van der Waals surface area contributed by atoms with Gasteiger partial charge in [0.05, 0.1) is 0 Å². The maximum atomic E-state index is 5.08. The number of rotatable bonds is 6. The van der Waals surface area contributed by atoms with Crippen molar-refractivity contribution in [3.8, 4) is 0 Å². The number of aliphatic imine (C=N–C) groups is 1. The number of nitrogens with zero attached hydrogens (tertiary/aromatic N) is 3. The second-order valence-corrected chi connectivity index (χ2v) is 5.18. The third-order valence-corrected chi connectivity index (χ3v) is 3.20. The van der Waals surface area contributed by atoms with E-state index in [-0.39, 0.29) is 0 Å². The minimum Gasteiger partial charge on any atom is -0.356 e. The molecule has 0 bridgehead atoms. The minimum atomic E-state index is 0.679. The molecule has 0 saturated heterocycles. The van der Waals surface area contributed by atoms with Gasteiger partial charge in [-0.3, -0.25) is 4.99 Å². The van der Waals surface area contributed by atoms with E-state index in [0.29, 0.717) is 11.7 Å². The highest BCUT2D eigenvalue weighted by molar-refractivity contribution is 5.79. The predicted molar refractivity (Wildman–Crippen MR) is 86.7 cm³/mol. The molecule has 118 valence electrons. The summed E-state index contributed by atoms with van der Waals surface area (Å²) < 4.78 is 5.08. The molecule has 0 aliphatic rings. The molecule has 0 aliphatic heterocycles. The summed E-state index contributed by atoms with van der Waals surface area (Å²) in [5.41, 5.74) is 2.50. The molecular formula is C16H23N5O. The Kier molecular flexibility index (Phi) is 5.94. The first kappa shape index (κ1) is 16.0. The minimum absolute atomic E-state index is 0.679. The molecule has 1 aromatic carbocycles. The second-order valence-electron chi connectivity index (χ2n) is 5.18. The van der Waals surface area contributed by atoms with Crippen LogP contribution in [0.15, 0.2) is 33.8 Å². The van der Waals surface area contributed by atoms with Gasteiger partial charge in [-0.1, -0.05) is 35.0 Å². The Balaban J connectivity index is 1.69. The molecule has 6 nitrogen and oxygen atoms in total. The van der Waals surface area contributed by atoms with Gasteiger partial charge in [-0.15, -0.1) is 0 Å². The summed E-state index contributed by atoms with van der Waals surface area (Å²) in [7, 11) is 1.77. The van der Waals surface area contributed by atoms with Crippen LogP contribution in [0.25, 0.3) is 0 Å². The summed E-state index contributed by atoms with van der Waals surface area (Å²) >= 11 is 0. The van der Waals surface area contributed by atoms with E-state index in [1.807, 2.05) is 6.92 Å². The van der Waals surface area contributed by atoms with Crippen molar-refractivity contribution in [1.29, 1.82) is 0 Å². The van der Waals surface area contributed by atoms with Crippen molar-refractivity contribution in [2.24, 2.45) is 4.99 Å². The molecule has 0 spiro atoms. The molecule has 0 fully saturated rings. The summed E-state index contributed by atoms with van der Waals surface area (Å²) in [4.78, 5) is 8.40. The van der Waals surface area contributed by atoms with Crippen molar-refractivity contribution < 1.29 is 4.52 Å². The fraction of sp³-hybridized carbons (Fsp3) is 0.438. The van der Waals surface area contributed by atoms with Crippen LogP contribution in [-0.2, 0) is 13.0 Å². The molecule has 2 aromatic rings. The average molecular weight is 301 g/mol. The van der Waals surface area contributed by atoms with Crippen LogP contribution < -0.4 is 10.6 Å². The molecule has 2 rings (SSSR count). The van der Waals surface area contributed by atoms with Crippen molar-refractivity contribution in [3.63, 3.8) is 0 Å². The first-order chi connectivity index (χ1) is 10.7. The van der Waals surface area contributed by atoms with Crippen LogP contribution in [0.3, 0.4) is 0 Å². The zero-order valence-electron chi connectivity index (χ0n) is 13.4. The highest BCUT2D eigenvalue weighted by Gasteiger charge is 2.03. The molecule has 1 aromatic heterocycles. The Morgan fingerprint density at radius 1 is 1.27 bits per heavy atom. The smallest absolute Gasteiger partial charge is 0.226 e. The lowest BCUT2D eigenvalue weighted by molar-refractivity contribution is 0.372. The van der Waals surface area contributed by atoms with E-state index in [9.17, 15) is 0 Å². The lowest BCUT2D eigenvalue weighted by Crippen LogP contribution is -2.37. The van der Waals surface area contributed by atoms with Crippen LogP contribution >= 0.6 is 0 Å². The molecule has 0 unspecified atom stereocenters. The third-order valence-electron chi connectivity index (χ3n) is 3.20. The summed E-state index contributed by atoms with van der Waals surface area (Å²) in [6.45, 7) is 5.47. The second kappa shape index (κ2) is 8.17. The molecule has 0 radical (unpaired) electrons. The van der Waals surface area contributed by atoms with E-state index in [1.54, 1.807) is 7.05 Å². The fourth-order valence-corrected chi connectivity index (χ4v) is 2.12. The van der Waals surface area contributed by atoms with Crippen molar-refractivity contribution in [2.75, 3.05) is 13.6 Å². The van der Waals surface area contributed by atoms with Crippen LogP contribution in [-0.4, -0.2) is 29.7 Å². The maximum Gasteiger partial charge on any atom is 0.226 e. The van der Waals surface area contributed by atoms with Gasteiger partial charge in [-0.25, -0.2) is 0 Å². The van der Waals surface area contributed by atoms with E-state index in [0.717, 1.165) is 31.9 Å². The Bertz CT molecular complexity index is 621. The molecule has 1 heterocycles. The number of hydrogen-bond donors (Lipinski definition) is 2. The van der Waals surface area contributed by atoms with Crippen LogP contribution in [0.1, 0.15) is 29.3 Å². The van der Waals surface area contributed by atoms with Crippen LogP contribution in [0, 0.1) is 13.8 Å². The number of aromatic nitrogens is 2. The summed E-state index contributed by atoms with van der Waals surface area (Å²) in [6.07, 6.45) is 1.68. The van der Waals surface area contributed by atoms with Gasteiger partial charge in [0.15, 0.2) is 11.8 Å². The van der Waals surface area contributed by atoms with Crippen molar-refractivity contribution in [1.82, 2.24) is 20.8 Å². The topological polar surface area (TPSA) is 75.3 Å². The summed E-state index contributed by atoms with van der Waals surface area (Å²) in [5, 5.41) is 10.4. The Hall–Kier alpha value is -2.37. The van der Waals surface area contributed by atoms with Crippen LogP contribution in [0.5, 0.6) is 0 Å². The zero-order valence-corrected chi connectivity index (χ0v) is 13.4. The number of guanidine groups is 1. The largest absolute Gasteiger partial charge is 0.356 e. The number of benzene rings is 1. The normalized spacial score (nSPS) is 11.5. The Morgan fingerprint density at radius 2 is 2.14 bits per heavy atom. The van der Waals surface area contributed by atoms with Crippen molar-refractivity contribution in [2.45, 2.75) is 33.2 Å². The van der Waals surface area contributed by atoms with Gasteiger partial charge >= 0.3 is 0 Å². The quantitative estimate of drug-likeness (QED) is 0.485. The first-order valence-electron chi connectivity index (χ1n) is 7.46. The molecular weight excluding hydrogens is 278 g/mol. The van der Waals surface area contributed by atoms with Gasteiger partial charge in [0, 0.05) is 26.6 Å². The Labute approximate surface area is 131 Å². The molecule has 22 heavy (non-hydrogen) atoms. The number of nitrogens with one attached hydrogen (secondary N) is 2. The number of hydrogen-bond acceptors (Lipinski definition) is 4. The molecule has 6 heteroatoms. The lowest BCUT2D eigenvalue weighted by Gasteiger charge is -2.11. The number of aryl methyl sites for hydroxylation is 3. The zero-order chi connectivity index (χ0) is 15.8. The lowest BCUT2D eigenvalue weighted by atomic mass is 10.1. The standard InChI is InChI=1S/C16H23N5O/c1-12-6-4-7-14(10-12)11-19-16(17-3)18-9-5-8-15-20-13(2)21-22-15/h4,6-7,10H,5,8-9,11H2,1-3H3,(H2,17,18,19). The average Bonchev–Trinajstić information content (AvgIpc) is 2.92. The van der Waals surface area contributed by atoms with E-state index in [1.165, 1.54) is 11.1 Å². The van der Waals surface area contributed by atoms with Gasteiger partial charge in [-0.05, 0) is 25.8 Å². The molecule has 2 N–H and O–H groups in total. The van der Waals surface area contributed by atoms with Gasteiger partial charge in [0.1, 0.15) is 0 Å². The van der Waals surface area contributed by atoms with Crippen molar-refractivity contribution >= 4 is 5.96 Å². The summed E-state index contributed by atoms with van der Waals surface area (Å²) in [6, 6.07) is 8.42. The van der Waals surface area contributed by atoms with E-state index in [4.69, 9.17) is 4.52 Å². The SMILES string of the molecule is CN=C(NCCCc1nc(C)no1)NCc1cccc(C)c1. The maximum absolute atomic E-state index is 5.08.